The Morgan fingerprint density at radius 3 is 2.82 bits per heavy atom. The number of aliphatic carboxylic acids is 1. The minimum Gasteiger partial charge on any atom is -0.480 e. The first-order chi connectivity index (χ1) is 8.05. The summed E-state index contributed by atoms with van der Waals surface area (Å²) < 4.78 is 1.28. The van der Waals surface area contributed by atoms with Crippen LogP contribution in [0.5, 0.6) is 0 Å². The third-order valence-electron chi connectivity index (χ3n) is 3.19. The molecule has 0 aromatic carbocycles. The minimum absolute atomic E-state index is 0.0134. The van der Waals surface area contributed by atoms with Crippen molar-refractivity contribution >= 4 is 17.7 Å². The minimum atomic E-state index is -0.960. The fourth-order valence-corrected chi connectivity index (χ4v) is 1.80. The quantitative estimate of drug-likeness (QED) is 0.803. The summed E-state index contributed by atoms with van der Waals surface area (Å²) in [5, 5.41) is 15.3. The average Bonchev–Trinajstić information content (AvgIpc) is 2.96. The summed E-state index contributed by atoms with van der Waals surface area (Å²) in [6.45, 7) is 1.80. The highest BCUT2D eigenvalue weighted by atomic mass is 16.4. The van der Waals surface area contributed by atoms with Gasteiger partial charge in [-0.1, -0.05) is 6.92 Å². The summed E-state index contributed by atoms with van der Waals surface area (Å²) in [5.41, 5.74) is -0.212. The van der Waals surface area contributed by atoms with E-state index in [-0.39, 0.29) is 17.9 Å². The molecule has 6 heteroatoms. The molecule has 2 N–H and O–H groups in total. The summed E-state index contributed by atoms with van der Waals surface area (Å²) in [6.07, 6.45) is 4.21. The molecule has 1 saturated carbocycles. The van der Waals surface area contributed by atoms with Crippen LogP contribution < -0.4 is 5.32 Å². The SMILES string of the molecule is CCC1(C(=O)Nc2ccn(CC(=O)O)n2)CC1. The van der Waals surface area contributed by atoms with Crippen LogP contribution in [0.15, 0.2) is 12.3 Å². The van der Waals surface area contributed by atoms with Crippen LogP contribution in [0.3, 0.4) is 0 Å². The van der Waals surface area contributed by atoms with Gasteiger partial charge in [-0.25, -0.2) is 0 Å². The van der Waals surface area contributed by atoms with Gasteiger partial charge < -0.3 is 10.4 Å². The highest BCUT2D eigenvalue weighted by Gasteiger charge is 2.48. The molecular formula is C11H15N3O3. The predicted molar refractivity (Wildman–Crippen MR) is 60.5 cm³/mol. The topological polar surface area (TPSA) is 84.2 Å². The second kappa shape index (κ2) is 4.20. The Kier molecular flexibility index (Phi) is 2.87. The van der Waals surface area contributed by atoms with E-state index in [0.717, 1.165) is 19.3 Å². The van der Waals surface area contributed by atoms with Crippen molar-refractivity contribution in [2.75, 3.05) is 5.32 Å². The second-order valence-electron chi connectivity index (χ2n) is 4.38. The number of carbonyl (C=O) groups is 2. The zero-order valence-electron chi connectivity index (χ0n) is 9.64. The maximum Gasteiger partial charge on any atom is 0.325 e. The van der Waals surface area contributed by atoms with Crippen molar-refractivity contribution in [3.05, 3.63) is 12.3 Å². The van der Waals surface area contributed by atoms with E-state index in [1.54, 1.807) is 6.07 Å². The number of hydrogen-bond acceptors (Lipinski definition) is 3. The first-order valence-electron chi connectivity index (χ1n) is 5.62. The van der Waals surface area contributed by atoms with E-state index in [1.165, 1.54) is 10.9 Å². The molecule has 2 rings (SSSR count). The monoisotopic (exact) mass is 237 g/mol. The van der Waals surface area contributed by atoms with Crippen LogP contribution in [0, 0.1) is 5.41 Å². The summed E-state index contributed by atoms with van der Waals surface area (Å²) in [7, 11) is 0. The van der Waals surface area contributed by atoms with Gasteiger partial charge in [0.25, 0.3) is 0 Å². The van der Waals surface area contributed by atoms with Gasteiger partial charge in [0, 0.05) is 17.7 Å². The number of rotatable bonds is 5. The highest BCUT2D eigenvalue weighted by molar-refractivity contribution is 5.96. The normalized spacial score (nSPS) is 16.5. The summed E-state index contributed by atoms with van der Waals surface area (Å²) in [6, 6.07) is 1.60. The number of carboxylic acid groups (broad SMARTS) is 1. The second-order valence-corrected chi connectivity index (χ2v) is 4.38. The van der Waals surface area contributed by atoms with Gasteiger partial charge in [0.1, 0.15) is 6.54 Å². The lowest BCUT2D eigenvalue weighted by molar-refractivity contribution is -0.137. The van der Waals surface area contributed by atoms with Crippen LogP contribution in [0.2, 0.25) is 0 Å². The number of aromatic nitrogens is 2. The zero-order valence-corrected chi connectivity index (χ0v) is 9.64. The molecule has 0 bridgehead atoms. The fraction of sp³-hybridized carbons (Fsp3) is 0.545. The van der Waals surface area contributed by atoms with Gasteiger partial charge in [0.15, 0.2) is 5.82 Å². The summed E-state index contributed by atoms with van der Waals surface area (Å²) >= 11 is 0. The molecule has 17 heavy (non-hydrogen) atoms. The molecule has 0 spiro atoms. The van der Waals surface area contributed by atoms with E-state index >= 15 is 0 Å². The molecule has 0 unspecified atom stereocenters. The van der Waals surface area contributed by atoms with Gasteiger partial charge in [-0.05, 0) is 19.3 Å². The van der Waals surface area contributed by atoms with Gasteiger partial charge in [0.05, 0.1) is 0 Å². The zero-order chi connectivity index (χ0) is 12.5. The molecular weight excluding hydrogens is 222 g/mol. The molecule has 1 aliphatic rings. The van der Waals surface area contributed by atoms with Crippen molar-refractivity contribution < 1.29 is 14.7 Å². The van der Waals surface area contributed by atoms with Gasteiger partial charge in [-0.3, -0.25) is 14.3 Å². The van der Waals surface area contributed by atoms with Crippen LogP contribution in [-0.4, -0.2) is 26.8 Å². The summed E-state index contributed by atoms with van der Waals surface area (Å²) in [4.78, 5) is 22.4. The molecule has 0 atom stereocenters. The van der Waals surface area contributed by atoms with Crippen molar-refractivity contribution in [1.29, 1.82) is 0 Å². The molecule has 1 amide bonds. The molecule has 0 aliphatic heterocycles. The Labute approximate surface area is 98.6 Å². The number of nitrogens with one attached hydrogen (secondary N) is 1. The Morgan fingerprint density at radius 2 is 2.29 bits per heavy atom. The largest absolute Gasteiger partial charge is 0.480 e. The van der Waals surface area contributed by atoms with Crippen molar-refractivity contribution in [1.82, 2.24) is 9.78 Å². The molecule has 1 aromatic rings. The Hall–Kier alpha value is -1.85. The van der Waals surface area contributed by atoms with Crippen LogP contribution in [0.4, 0.5) is 5.82 Å². The van der Waals surface area contributed by atoms with Crippen LogP contribution >= 0.6 is 0 Å². The van der Waals surface area contributed by atoms with E-state index < -0.39 is 5.97 Å². The maximum absolute atomic E-state index is 11.9. The number of nitrogens with zero attached hydrogens (tertiary/aromatic N) is 2. The van der Waals surface area contributed by atoms with Gasteiger partial charge in [0.2, 0.25) is 5.91 Å². The van der Waals surface area contributed by atoms with Crippen molar-refractivity contribution in [2.24, 2.45) is 5.41 Å². The Balaban J connectivity index is 1.97. The third kappa shape index (κ3) is 2.46. The first-order valence-corrected chi connectivity index (χ1v) is 5.62. The molecule has 1 fully saturated rings. The Morgan fingerprint density at radius 1 is 1.59 bits per heavy atom. The first kappa shape index (κ1) is 11.6. The third-order valence-corrected chi connectivity index (χ3v) is 3.19. The van der Waals surface area contributed by atoms with E-state index in [4.69, 9.17) is 5.11 Å². The van der Waals surface area contributed by atoms with Crippen LogP contribution in [0.1, 0.15) is 26.2 Å². The van der Waals surface area contributed by atoms with Crippen molar-refractivity contribution in [2.45, 2.75) is 32.7 Å². The number of hydrogen-bond donors (Lipinski definition) is 2. The number of carboxylic acids is 1. The van der Waals surface area contributed by atoms with Gasteiger partial charge in [-0.2, -0.15) is 5.10 Å². The molecule has 1 heterocycles. The fourth-order valence-electron chi connectivity index (χ4n) is 1.80. The van der Waals surface area contributed by atoms with E-state index in [2.05, 4.69) is 10.4 Å². The van der Waals surface area contributed by atoms with Crippen molar-refractivity contribution in [3.8, 4) is 0 Å². The molecule has 6 nitrogen and oxygen atoms in total. The van der Waals surface area contributed by atoms with Gasteiger partial charge >= 0.3 is 5.97 Å². The lowest BCUT2D eigenvalue weighted by Gasteiger charge is -2.10. The lowest BCUT2D eigenvalue weighted by atomic mass is 10.0. The lowest BCUT2D eigenvalue weighted by Crippen LogP contribution is -2.23. The van der Waals surface area contributed by atoms with E-state index in [9.17, 15) is 9.59 Å². The number of anilines is 1. The molecule has 0 radical (unpaired) electrons. The summed E-state index contributed by atoms with van der Waals surface area (Å²) in [5.74, 6) is -0.560. The smallest absolute Gasteiger partial charge is 0.325 e. The number of amides is 1. The Bertz CT molecular complexity index is 449. The molecule has 92 valence electrons. The van der Waals surface area contributed by atoms with Crippen LogP contribution in [-0.2, 0) is 16.1 Å². The molecule has 1 aliphatic carbocycles. The van der Waals surface area contributed by atoms with E-state index in [1.807, 2.05) is 6.92 Å². The maximum atomic E-state index is 11.9. The highest BCUT2D eigenvalue weighted by Crippen LogP contribution is 2.49. The molecule has 0 saturated heterocycles. The van der Waals surface area contributed by atoms with Gasteiger partial charge in [-0.15, -0.1) is 0 Å². The van der Waals surface area contributed by atoms with E-state index in [0.29, 0.717) is 5.82 Å². The van der Waals surface area contributed by atoms with Crippen LogP contribution in [0.25, 0.3) is 0 Å². The molecule has 1 aromatic heterocycles. The number of carbonyl (C=O) groups excluding carboxylic acids is 1. The average molecular weight is 237 g/mol. The van der Waals surface area contributed by atoms with Crippen molar-refractivity contribution in [3.63, 3.8) is 0 Å². The standard InChI is InChI=1S/C11H15N3O3/c1-2-11(4-5-11)10(17)12-8-3-6-14(13-8)7-9(15)16/h3,6H,2,4-5,7H2,1H3,(H,15,16)(H,12,13,17). The predicted octanol–water partition coefficient (Wildman–Crippen LogP) is 1.10.